The third-order valence-electron chi connectivity index (χ3n) is 5.67. The fourth-order valence-electron chi connectivity index (χ4n) is 3.43. The normalized spacial score (nSPS) is 23.8. The number of hydrogen-bond acceptors (Lipinski definition) is 5. The summed E-state index contributed by atoms with van der Waals surface area (Å²) in [5.41, 5.74) is 1.29. The SMILES string of the molecule is COC(C)(C=CCC(C)=CCCc1ccoc1)CCC(O)C1(C)CCC(=O)O1. The Balaban J connectivity index is 1.79. The van der Waals surface area contributed by atoms with Gasteiger partial charge < -0.3 is 19.0 Å². The second-order valence-corrected chi connectivity index (χ2v) is 8.19. The largest absolute Gasteiger partial charge is 0.472 e. The molecule has 3 unspecified atom stereocenters. The number of carbonyl (C=O) groups excluding carboxylic acids is 1. The van der Waals surface area contributed by atoms with Gasteiger partial charge in [-0.25, -0.2) is 0 Å². The zero-order valence-corrected chi connectivity index (χ0v) is 17.6. The molecule has 1 aromatic rings. The van der Waals surface area contributed by atoms with Crippen molar-refractivity contribution in [3.8, 4) is 0 Å². The molecule has 1 aliphatic heterocycles. The summed E-state index contributed by atoms with van der Waals surface area (Å²) in [7, 11) is 1.68. The number of aryl methyl sites for hydroxylation is 1. The Kier molecular flexibility index (Phi) is 8.08. The van der Waals surface area contributed by atoms with Gasteiger partial charge in [-0.15, -0.1) is 0 Å². The summed E-state index contributed by atoms with van der Waals surface area (Å²) in [6.45, 7) is 5.94. The van der Waals surface area contributed by atoms with Crippen molar-refractivity contribution in [3.05, 3.63) is 48.0 Å². The maximum Gasteiger partial charge on any atom is 0.306 e. The first kappa shape index (κ1) is 22.4. The van der Waals surface area contributed by atoms with E-state index in [1.165, 1.54) is 11.1 Å². The minimum atomic E-state index is -0.774. The van der Waals surface area contributed by atoms with Crippen LogP contribution in [0.4, 0.5) is 0 Å². The van der Waals surface area contributed by atoms with Crippen molar-refractivity contribution in [2.24, 2.45) is 0 Å². The zero-order chi connectivity index (χ0) is 20.6. The van der Waals surface area contributed by atoms with E-state index in [-0.39, 0.29) is 5.97 Å². The molecule has 0 aliphatic carbocycles. The summed E-state index contributed by atoms with van der Waals surface area (Å²) in [5.74, 6) is -0.231. The molecule has 0 spiro atoms. The fourth-order valence-corrected chi connectivity index (χ4v) is 3.43. The molecule has 0 bridgehead atoms. The van der Waals surface area contributed by atoms with Gasteiger partial charge in [0.25, 0.3) is 0 Å². The Morgan fingerprint density at radius 1 is 1.50 bits per heavy atom. The molecular weight excluding hydrogens is 356 g/mol. The Bertz CT molecular complexity index is 675. The summed E-state index contributed by atoms with van der Waals surface area (Å²) >= 11 is 0. The third-order valence-corrected chi connectivity index (χ3v) is 5.67. The summed E-state index contributed by atoms with van der Waals surface area (Å²) < 4.78 is 16.1. The summed E-state index contributed by atoms with van der Waals surface area (Å²) in [6.07, 6.45) is 14.2. The molecule has 1 aliphatic rings. The van der Waals surface area contributed by atoms with Crippen LogP contribution in [0, 0.1) is 0 Å². The lowest BCUT2D eigenvalue weighted by atomic mass is 9.88. The van der Waals surface area contributed by atoms with Gasteiger partial charge >= 0.3 is 5.97 Å². The van der Waals surface area contributed by atoms with E-state index in [2.05, 4.69) is 25.2 Å². The van der Waals surface area contributed by atoms with Crippen molar-refractivity contribution in [1.82, 2.24) is 0 Å². The number of ether oxygens (including phenoxy) is 2. The van der Waals surface area contributed by atoms with Crippen molar-refractivity contribution in [1.29, 1.82) is 0 Å². The van der Waals surface area contributed by atoms with E-state index >= 15 is 0 Å². The Hall–Kier alpha value is -1.85. The van der Waals surface area contributed by atoms with Crippen LogP contribution < -0.4 is 0 Å². The predicted octanol–water partition coefficient (Wildman–Crippen LogP) is 4.75. The van der Waals surface area contributed by atoms with E-state index in [0.29, 0.717) is 25.7 Å². The lowest BCUT2D eigenvalue weighted by Gasteiger charge is -2.32. The van der Waals surface area contributed by atoms with E-state index in [0.717, 1.165) is 19.3 Å². The number of furan rings is 1. The van der Waals surface area contributed by atoms with Crippen LogP contribution in [0.5, 0.6) is 0 Å². The van der Waals surface area contributed by atoms with Crippen LogP contribution in [0.3, 0.4) is 0 Å². The van der Waals surface area contributed by atoms with Gasteiger partial charge in [-0.05, 0) is 70.9 Å². The number of aliphatic hydroxyl groups excluding tert-OH is 1. The van der Waals surface area contributed by atoms with Gasteiger partial charge in [0.15, 0.2) is 0 Å². The molecule has 28 heavy (non-hydrogen) atoms. The zero-order valence-electron chi connectivity index (χ0n) is 17.6. The summed E-state index contributed by atoms with van der Waals surface area (Å²) in [5, 5.41) is 10.5. The van der Waals surface area contributed by atoms with Crippen LogP contribution in [0.25, 0.3) is 0 Å². The number of allylic oxidation sites excluding steroid dienone is 3. The van der Waals surface area contributed by atoms with Crippen molar-refractivity contribution in [2.75, 3.05) is 7.11 Å². The van der Waals surface area contributed by atoms with Gasteiger partial charge in [0, 0.05) is 13.5 Å². The van der Waals surface area contributed by atoms with E-state index in [9.17, 15) is 9.90 Å². The molecule has 2 rings (SSSR count). The molecule has 1 N–H and O–H groups in total. The molecule has 5 nitrogen and oxygen atoms in total. The maximum absolute atomic E-state index is 11.4. The van der Waals surface area contributed by atoms with E-state index in [1.807, 2.05) is 13.0 Å². The maximum atomic E-state index is 11.4. The summed E-state index contributed by atoms with van der Waals surface area (Å²) in [6, 6.07) is 1.99. The van der Waals surface area contributed by atoms with Crippen molar-refractivity contribution < 1.29 is 23.8 Å². The molecule has 3 atom stereocenters. The minimum absolute atomic E-state index is 0.231. The van der Waals surface area contributed by atoms with Crippen LogP contribution in [-0.2, 0) is 20.7 Å². The number of hydrogen-bond donors (Lipinski definition) is 1. The first-order chi connectivity index (χ1) is 13.3. The lowest BCUT2D eigenvalue weighted by Crippen LogP contribution is -2.40. The van der Waals surface area contributed by atoms with Crippen LogP contribution in [-0.4, -0.2) is 35.5 Å². The topological polar surface area (TPSA) is 68.9 Å². The highest BCUT2D eigenvalue weighted by atomic mass is 16.6. The number of rotatable bonds is 11. The average molecular weight is 391 g/mol. The van der Waals surface area contributed by atoms with Crippen molar-refractivity contribution >= 4 is 5.97 Å². The molecule has 0 radical (unpaired) electrons. The highest BCUT2D eigenvalue weighted by Gasteiger charge is 2.42. The smallest absolute Gasteiger partial charge is 0.306 e. The first-order valence-corrected chi connectivity index (χ1v) is 10.1. The van der Waals surface area contributed by atoms with Gasteiger partial charge in [-0.3, -0.25) is 4.79 Å². The first-order valence-electron chi connectivity index (χ1n) is 10.1. The van der Waals surface area contributed by atoms with Crippen LogP contribution >= 0.6 is 0 Å². The highest BCUT2D eigenvalue weighted by molar-refractivity contribution is 5.72. The molecule has 0 aromatic carbocycles. The molecule has 0 saturated carbocycles. The van der Waals surface area contributed by atoms with Crippen LogP contribution in [0.1, 0.15) is 64.9 Å². The van der Waals surface area contributed by atoms with Gasteiger partial charge in [0.05, 0.1) is 24.2 Å². The van der Waals surface area contributed by atoms with Crippen LogP contribution in [0.2, 0.25) is 0 Å². The van der Waals surface area contributed by atoms with Gasteiger partial charge in [0.1, 0.15) is 5.60 Å². The van der Waals surface area contributed by atoms with Crippen LogP contribution in [0.15, 0.2) is 46.8 Å². The average Bonchev–Trinajstić information content (AvgIpc) is 3.30. The molecule has 1 aromatic heterocycles. The number of esters is 1. The van der Waals surface area contributed by atoms with Gasteiger partial charge in [-0.1, -0.05) is 23.8 Å². The van der Waals surface area contributed by atoms with Crippen molar-refractivity contribution in [2.45, 2.75) is 83.0 Å². The minimum Gasteiger partial charge on any atom is -0.472 e. The van der Waals surface area contributed by atoms with Gasteiger partial charge in [0.2, 0.25) is 0 Å². The monoisotopic (exact) mass is 390 g/mol. The van der Waals surface area contributed by atoms with E-state index < -0.39 is 17.3 Å². The van der Waals surface area contributed by atoms with E-state index in [4.69, 9.17) is 13.9 Å². The molecule has 1 fully saturated rings. The van der Waals surface area contributed by atoms with Gasteiger partial charge in [-0.2, -0.15) is 0 Å². The predicted molar refractivity (Wildman–Crippen MR) is 109 cm³/mol. The quantitative estimate of drug-likeness (QED) is 0.436. The van der Waals surface area contributed by atoms with E-state index in [1.54, 1.807) is 26.6 Å². The Labute approximate surface area is 168 Å². The Morgan fingerprint density at radius 3 is 2.89 bits per heavy atom. The lowest BCUT2D eigenvalue weighted by molar-refractivity contribution is -0.157. The van der Waals surface area contributed by atoms with Crippen molar-refractivity contribution in [3.63, 3.8) is 0 Å². The number of carbonyl (C=O) groups is 1. The number of cyclic esters (lactones) is 1. The summed E-state index contributed by atoms with van der Waals surface area (Å²) in [4.78, 5) is 11.4. The second kappa shape index (κ2) is 10.1. The third kappa shape index (κ3) is 6.64. The Morgan fingerprint density at radius 2 is 2.29 bits per heavy atom. The molecular formula is C23H34O5. The number of methoxy groups -OCH3 is 1. The standard InChI is InChI=1S/C23H34O5/c1-18(7-5-9-19-12-16-27-17-19)8-6-13-22(2,26-4)14-10-20(24)23(3)15-11-21(25)28-23/h6-7,12-13,16-17,20,24H,5,8-11,14-15H2,1-4H3. The molecule has 156 valence electrons. The highest BCUT2D eigenvalue weighted by Crippen LogP contribution is 2.33. The number of aliphatic hydroxyl groups is 1. The second-order valence-electron chi connectivity index (χ2n) is 8.19. The molecule has 0 amide bonds. The molecule has 5 heteroatoms. The molecule has 1 saturated heterocycles. The molecule has 2 heterocycles. The fraction of sp³-hybridized carbons (Fsp3) is 0.609.